The second-order valence-corrected chi connectivity index (χ2v) is 9.98. The second kappa shape index (κ2) is 9.26. The van der Waals surface area contributed by atoms with Gasteiger partial charge in [0.1, 0.15) is 18.3 Å². The van der Waals surface area contributed by atoms with Crippen molar-refractivity contribution in [2.45, 2.75) is 30.7 Å². The van der Waals surface area contributed by atoms with E-state index in [0.717, 1.165) is 12.5 Å². The van der Waals surface area contributed by atoms with Gasteiger partial charge in [-0.15, -0.1) is 0 Å². The van der Waals surface area contributed by atoms with Crippen molar-refractivity contribution in [1.29, 1.82) is 0 Å². The summed E-state index contributed by atoms with van der Waals surface area (Å²) in [4.78, 5) is 12.6. The largest absolute Gasteiger partial charge is 0.453 e. The summed E-state index contributed by atoms with van der Waals surface area (Å²) >= 11 is 0. The monoisotopic (exact) mass is 466 g/mol. The predicted octanol–water partition coefficient (Wildman–Crippen LogP) is -0.327. The number of ether oxygens (including phenoxy) is 4. The van der Waals surface area contributed by atoms with E-state index in [1.165, 1.54) is 12.1 Å². The van der Waals surface area contributed by atoms with Crippen LogP contribution in [0, 0.1) is 0 Å². The van der Waals surface area contributed by atoms with Crippen molar-refractivity contribution in [3.05, 3.63) is 35.9 Å². The maximum absolute atomic E-state index is 12.6. The molecule has 3 rings (SSSR count). The van der Waals surface area contributed by atoms with Gasteiger partial charge in [-0.1, -0.05) is 18.2 Å². The third kappa shape index (κ3) is 6.20. The predicted molar refractivity (Wildman–Crippen MR) is 101 cm³/mol. The number of carbonyl (C=O) groups excluding carboxylic acids is 1. The highest BCUT2D eigenvalue weighted by Crippen LogP contribution is 2.33. The van der Waals surface area contributed by atoms with Crippen molar-refractivity contribution in [2.24, 2.45) is 0 Å². The molecule has 0 amide bonds. The molecule has 13 heteroatoms. The van der Waals surface area contributed by atoms with Gasteiger partial charge in [-0.05, 0) is 12.1 Å². The molecule has 2 fully saturated rings. The molecule has 0 bridgehead atoms. The lowest BCUT2D eigenvalue weighted by atomic mass is 10.1. The van der Waals surface area contributed by atoms with Crippen LogP contribution in [-0.2, 0) is 47.5 Å². The maximum atomic E-state index is 12.6. The molecule has 11 nitrogen and oxygen atoms in total. The van der Waals surface area contributed by atoms with Gasteiger partial charge >= 0.3 is 5.97 Å². The number of hydrogen-bond acceptors (Lipinski definition) is 11. The highest BCUT2D eigenvalue weighted by Gasteiger charge is 2.54. The molecule has 30 heavy (non-hydrogen) atoms. The summed E-state index contributed by atoms with van der Waals surface area (Å²) in [5.74, 6) is -0.774. The van der Waals surface area contributed by atoms with Crippen LogP contribution in [0.5, 0.6) is 0 Å². The van der Waals surface area contributed by atoms with Gasteiger partial charge in [0.25, 0.3) is 20.2 Å². The highest BCUT2D eigenvalue weighted by molar-refractivity contribution is 7.86. The van der Waals surface area contributed by atoms with E-state index < -0.39 is 63.5 Å². The fraction of sp³-hybridized carbons (Fsp3) is 0.588. The van der Waals surface area contributed by atoms with E-state index in [9.17, 15) is 21.6 Å². The Balaban J connectivity index is 1.89. The van der Waals surface area contributed by atoms with Crippen molar-refractivity contribution >= 4 is 26.2 Å². The van der Waals surface area contributed by atoms with Gasteiger partial charge in [0.2, 0.25) is 0 Å². The van der Waals surface area contributed by atoms with Crippen molar-refractivity contribution < 1.29 is 48.9 Å². The average Bonchev–Trinajstić information content (AvgIpc) is 3.28. The number of hydrogen-bond donors (Lipinski definition) is 0. The molecule has 0 aliphatic carbocycles. The fourth-order valence-corrected chi connectivity index (χ4v) is 4.09. The van der Waals surface area contributed by atoms with Gasteiger partial charge in [0.05, 0.1) is 37.9 Å². The van der Waals surface area contributed by atoms with Gasteiger partial charge in [0, 0.05) is 0 Å². The van der Waals surface area contributed by atoms with Crippen LogP contribution in [0.1, 0.15) is 10.4 Å². The molecular formula is C17H22O11S2. The molecule has 1 aromatic rings. The quantitative estimate of drug-likeness (QED) is 0.367. The molecule has 1 aromatic carbocycles. The summed E-state index contributed by atoms with van der Waals surface area (Å²) < 4.78 is 78.5. The topological polar surface area (TPSA) is 141 Å². The third-order valence-electron chi connectivity index (χ3n) is 4.25. The molecule has 0 aromatic heterocycles. The minimum absolute atomic E-state index is 0.204. The van der Waals surface area contributed by atoms with Crippen LogP contribution >= 0.6 is 0 Å². The summed E-state index contributed by atoms with van der Waals surface area (Å²) in [6.07, 6.45) is -4.23. The Bertz CT molecular complexity index is 939. The Hall–Kier alpha value is -1.61. The van der Waals surface area contributed by atoms with E-state index >= 15 is 0 Å². The summed E-state index contributed by atoms with van der Waals surface area (Å²) in [6.45, 7) is -0.0391. The van der Waals surface area contributed by atoms with Crippen molar-refractivity contribution in [3.63, 3.8) is 0 Å². The first-order valence-electron chi connectivity index (χ1n) is 8.91. The van der Waals surface area contributed by atoms with E-state index in [2.05, 4.69) is 0 Å². The number of benzene rings is 1. The minimum Gasteiger partial charge on any atom is -0.453 e. The Morgan fingerprint density at radius 1 is 1.00 bits per heavy atom. The number of esters is 1. The zero-order chi connectivity index (χ0) is 21.9. The van der Waals surface area contributed by atoms with Crippen LogP contribution < -0.4 is 0 Å². The zero-order valence-electron chi connectivity index (χ0n) is 16.2. The van der Waals surface area contributed by atoms with Crippen LogP contribution in [0.4, 0.5) is 0 Å². The number of carbonyl (C=O) groups is 1. The molecule has 2 saturated heterocycles. The van der Waals surface area contributed by atoms with E-state index in [1.807, 2.05) is 0 Å². The Labute approximate surface area is 174 Å². The molecule has 0 spiro atoms. The molecule has 168 valence electrons. The summed E-state index contributed by atoms with van der Waals surface area (Å²) in [5.41, 5.74) is 0.204. The Morgan fingerprint density at radius 3 is 2.20 bits per heavy atom. The van der Waals surface area contributed by atoms with Crippen LogP contribution in [0.25, 0.3) is 0 Å². The average molecular weight is 466 g/mol. The van der Waals surface area contributed by atoms with E-state index in [-0.39, 0.29) is 18.8 Å². The standard InChI is InChI=1S/C17H22O11S2/c1-29(19,20)25-10-12-13(27-16(18)11-6-4-3-5-7-11)14(28-30(2,21)22)15(26-12)17-23-8-9-24-17/h3-7,12-15,17H,8-10H2,1-2H3/t12-,13+,14-,15+/m0/s1. The molecule has 4 atom stereocenters. The summed E-state index contributed by atoms with van der Waals surface area (Å²) in [6, 6.07) is 7.97. The van der Waals surface area contributed by atoms with Gasteiger partial charge in [0.15, 0.2) is 12.4 Å². The maximum Gasteiger partial charge on any atom is 0.338 e. The van der Waals surface area contributed by atoms with Crippen LogP contribution in [0.3, 0.4) is 0 Å². The smallest absolute Gasteiger partial charge is 0.338 e. The van der Waals surface area contributed by atoms with E-state index in [0.29, 0.717) is 0 Å². The van der Waals surface area contributed by atoms with Crippen LogP contribution in [0.15, 0.2) is 30.3 Å². The zero-order valence-corrected chi connectivity index (χ0v) is 17.8. The van der Waals surface area contributed by atoms with E-state index in [1.54, 1.807) is 18.2 Å². The third-order valence-corrected chi connectivity index (χ3v) is 5.38. The summed E-state index contributed by atoms with van der Waals surface area (Å²) in [5, 5.41) is 0. The van der Waals surface area contributed by atoms with Gasteiger partial charge in [-0.2, -0.15) is 16.8 Å². The molecule has 0 N–H and O–H groups in total. The minimum atomic E-state index is -4.01. The molecule has 2 aliphatic heterocycles. The van der Waals surface area contributed by atoms with Crippen LogP contribution in [0.2, 0.25) is 0 Å². The first kappa shape index (κ1) is 23.1. The lowest BCUT2D eigenvalue weighted by Gasteiger charge is -2.25. The van der Waals surface area contributed by atoms with Gasteiger partial charge in [-0.25, -0.2) is 4.79 Å². The van der Waals surface area contributed by atoms with Crippen LogP contribution in [-0.4, -0.2) is 85.8 Å². The van der Waals surface area contributed by atoms with Gasteiger partial charge < -0.3 is 18.9 Å². The fourth-order valence-electron chi connectivity index (χ4n) is 3.09. The lowest BCUT2D eigenvalue weighted by molar-refractivity contribution is -0.156. The number of rotatable bonds is 8. The summed E-state index contributed by atoms with van der Waals surface area (Å²) in [7, 11) is -7.86. The normalized spacial score (nSPS) is 27.9. The Kier molecular flexibility index (Phi) is 7.12. The molecule has 0 saturated carbocycles. The van der Waals surface area contributed by atoms with Crippen molar-refractivity contribution in [1.82, 2.24) is 0 Å². The highest BCUT2D eigenvalue weighted by atomic mass is 32.2. The van der Waals surface area contributed by atoms with Crippen molar-refractivity contribution in [3.8, 4) is 0 Å². The van der Waals surface area contributed by atoms with Gasteiger partial charge in [-0.3, -0.25) is 8.37 Å². The SMILES string of the molecule is CS(=O)(=O)OC[C@@H]1O[C@@H](C2OCCO2)[C@@H](OS(C)(=O)=O)[C@@H]1OC(=O)c1ccccc1. The lowest BCUT2D eigenvalue weighted by Crippen LogP contribution is -2.44. The molecule has 2 heterocycles. The molecule has 0 radical (unpaired) electrons. The van der Waals surface area contributed by atoms with Crippen molar-refractivity contribution in [2.75, 3.05) is 32.3 Å². The first-order valence-corrected chi connectivity index (χ1v) is 12.5. The molecular weight excluding hydrogens is 444 g/mol. The molecule has 0 unspecified atom stereocenters. The van der Waals surface area contributed by atoms with E-state index in [4.69, 9.17) is 27.3 Å². The Morgan fingerprint density at radius 2 is 1.63 bits per heavy atom. The first-order chi connectivity index (χ1) is 14.0. The molecule has 2 aliphatic rings. The second-order valence-electron chi connectivity index (χ2n) is 6.74.